The Labute approximate surface area is 226 Å². The van der Waals surface area contributed by atoms with E-state index < -0.39 is 0 Å². The summed E-state index contributed by atoms with van der Waals surface area (Å²) >= 11 is 3.74. The van der Waals surface area contributed by atoms with Crippen molar-refractivity contribution in [2.45, 2.75) is 46.2 Å². The number of amides is 1. The van der Waals surface area contributed by atoms with E-state index in [1.54, 1.807) is 17.1 Å². The third-order valence-electron chi connectivity index (χ3n) is 6.62. The van der Waals surface area contributed by atoms with Crippen molar-refractivity contribution in [2.75, 3.05) is 29.9 Å². The first kappa shape index (κ1) is 25.5. The molecule has 0 radical (unpaired) electrons. The van der Waals surface area contributed by atoms with Crippen LogP contribution < -0.4 is 15.5 Å². The largest absolute Gasteiger partial charge is 0.368 e. The topological polar surface area (TPSA) is 90.9 Å². The van der Waals surface area contributed by atoms with Gasteiger partial charge in [-0.3, -0.25) is 9.48 Å². The number of carbonyl (C=O) groups excluding carboxylic acids is 1. The minimum Gasteiger partial charge on any atom is -0.368 e. The second kappa shape index (κ2) is 10.7. The van der Waals surface area contributed by atoms with Crippen LogP contribution in [0.15, 0.2) is 59.6 Å². The summed E-state index contributed by atoms with van der Waals surface area (Å²) in [5.74, 6) is -0.200. The highest BCUT2D eigenvalue weighted by molar-refractivity contribution is 9.10. The molecule has 4 aromatic rings. The number of hydrogen-bond donors (Lipinski definition) is 3. The number of pyridine rings is 1. The highest BCUT2D eigenvalue weighted by Crippen LogP contribution is 2.39. The molecule has 1 atom stereocenters. The molecule has 0 saturated carbocycles. The summed E-state index contributed by atoms with van der Waals surface area (Å²) in [7, 11) is 0. The number of nitrogens with zero attached hydrogens (tertiary/aromatic N) is 4. The molecule has 8 nitrogen and oxygen atoms in total. The van der Waals surface area contributed by atoms with Gasteiger partial charge in [-0.05, 0) is 39.8 Å². The molecular weight excluding hydrogens is 530 g/mol. The zero-order valence-electron chi connectivity index (χ0n) is 21.6. The van der Waals surface area contributed by atoms with Gasteiger partial charge < -0.3 is 20.5 Å². The molecule has 9 heteroatoms. The molecular formula is C28H34BrN7O. The molecule has 1 amide bonds. The van der Waals surface area contributed by atoms with Gasteiger partial charge in [0.25, 0.3) is 5.91 Å². The predicted octanol–water partition coefficient (Wildman–Crippen LogP) is 5.43. The number of anilines is 2. The fraction of sp³-hybridized carbons (Fsp3) is 0.393. The second-order valence-corrected chi connectivity index (χ2v) is 11.8. The van der Waals surface area contributed by atoms with Gasteiger partial charge in [-0.1, -0.05) is 51.1 Å². The summed E-state index contributed by atoms with van der Waals surface area (Å²) in [6.07, 6.45) is 9.30. The fourth-order valence-corrected chi connectivity index (χ4v) is 5.34. The molecule has 1 aliphatic rings. The number of fused-ring (bicyclic) bond motifs is 1. The molecule has 5 rings (SSSR count). The summed E-state index contributed by atoms with van der Waals surface area (Å²) in [5.41, 5.74) is 4.40. The maximum atomic E-state index is 13.2. The van der Waals surface area contributed by atoms with Crippen LogP contribution in [0.3, 0.4) is 0 Å². The van der Waals surface area contributed by atoms with Gasteiger partial charge in [-0.2, -0.15) is 5.10 Å². The lowest BCUT2D eigenvalue weighted by Crippen LogP contribution is -2.48. The number of rotatable bonds is 7. The molecule has 3 N–H and O–H groups in total. The van der Waals surface area contributed by atoms with Crippen LogP contribution in [0.25, 0.3) is 11.0 Å². The molecule has 1 saturated heterocycles. The van der Waals surface area contributed by atoms with Crippen molar-refractivity contribution >= 4 is 44.2 Å². The van der Waals surface area contributed by atoms with Crippen LogP contribution >= 0.6 is 15.9 Å². The maximum absolute atomic E-state index is 13.2. The van der Waals surface area contributed by atoms with Crippen LogP contribution in [0.2, 0.25) is 0 Å². The molecule has 1 aromatic carbocycles. The van der Waals surface area contributed by atoms with Crippen LogP contribution in [0.1, 0.15) is 49.5 Å². The number of H-pyrrole nitrogens is 1. The lowest BCUT2D eigenvalue weighted by Gasteiger charge is -2.37. The zero-order valence-corrected chi connectivity index (χ0v) is 23.2. The summed E-state index contributed by atoms with van der Waals surface area (Å²) in [5, 5.41) is 12.1. The highest BCUT2D eigenvalue weighted by Gasteiger charge is 2.26. The maximum Gasteiger partial charge on any atom is 0.258 e. The molecule has 0 spiro atoms. The first-order chi connectivity index (χ1) is 17.8. The monoisotopic (exact) mass is 563 g/mol. The van der Waals surface area contributed by atoms with Crippen LogP contribution in [0.4, 0.5) is 11.4 Å². The average Bonchev–Trinajstić information content (AvgIpc) is 3.50. The molecule has 0 unspecified atom stereocenters. The van der Waals surface area contributed by atoms with Gasteiger partial charge in [-0.15, -0.1) is 0 Å². The number of nitrogens with one attached hydrogen (secondary N) is 3. The van der Waals surface area contributed by atoms with Gasteiger partial charge >= 0.3 is 0 Å². The normalized spacial score (nSPS) is 16.3. The van der Waals surface area contributed by atoms with E-state index in [1.807, 2.05) is 42.7 Å². The smallest absolute Gasteiger partial charge is 0.258 e. The predicted molar refractivity (Wildman–Crippen MR) is 152 cm³/mol. The van der Waals surface area contributed by atoms with E-state index in [4.69, 9.17) is 0 Å². The summed E-state index contributed by atoms with van der Waals surface area (Å²) < 4.78 is 2.70. The van der Waals surface area contributed by atoms with E-state index in [9.17, 15) is 4.79 Å². The van der Waals surface area contributed by atoms with Gasteiger partial charge in [0.05, 0.1) is 39.5 Å². The van der Waals surface area contributed by atoms with E-state index in [1.165, 1.54) is 0 Å². The van der Waals surface area contributed by atoms with E-state index in [0.29, 0.717) is 23.8 Å². The Bertz CT molecular complexity index is 1370. The van der Waals surface area contributed by atoms with Gasteiger partial charge in [0, 0.05) is 44.3 Å². The Morgan fingerprint density at radius 3 is 2.81 bits per heavy atom. The number of hydrogen-bond acceptors (Lipinski definition) is 5. The Balaban J connectivity index is 1.36. The van der Waals surface area contributed by atoms with Crippen LogP contribution in [0.5, 0.6) is 0 Å². The van der Waals surface area contributed by atoms with Crippen molar-refractivity contribution in [2.24, 2.45) is 5.41 Å². The van der Waals surface area contributed by atoms with Crippen molar-refractivity contribution in [1.82, 2.24) is 25.1 Å². The SMILES string of the molecule is CC(C)(C)CN[C@@H]1CCCN(c2c(Br)cnc3[nH]cc(NC(=O)c4cnn(Cc5ccccc5)c4)c23)C1. The van der Waals surface area contributed by atoms with Gasteiger partial charge in [0.2, 0.25) is 0 Å². The Morgan fingerprint density at radius 2 is 2.03 bits per heavy atom. The zero-order chi connectivity index (χ0) is 26.0. The Kier molecular flexibility index (Phi) is 7.35. The molecule has 3 aromatic heterocycles. The van der Waals surface area contributed by atoms with E-state index in [2.05, 4.69) is 67.3 Å². The summed E-state index contributed by atoms with van der Waals surface area (Å²) in [6, 6.07) is 10.5. The van der Waals surface area contributed by atoms with Gasteiger partial charge in [0.1, 0.15) is 5.65 Å². The standard InChI is InChI=1S/C28H34BrN7O/c1-28(2,3)18-32-21-10-7-11-35(17-21)25-22(29)13-30-26-24(25)23(14-31-26)34-27(37)20-12-33-36(16-20)15-19-8-5-4-6-9-19/h4-6,8-9,12-14,16,21,32H,7,10-11,15,17-18H2,1-3H3,(H,30,31)(H,34,37)/t21-/m1/s1. The summed E-state index contributed by atoms with van der Waals surface area (Å²) in [4.78, 5) is 23.4. The summed E-state index contributed by atoms with van der Waals surface area (Å²) in [6.45, 7) is 10.2. The third kappa shape index (κ3) is 6.05. The van der Waals surface area contributed by atoms with Crippen molar-refractivity contribution in [1.29, 1.82) is 0 Å². The molecule has 1 aliphatic heterocycles. The van der Waals surface area contributed by atoms with E-state index in [0.717, 1.165) is 59.2 Å². The van der Waals surface area contributed by atoms with Crippen molar-refractivity contribution in [3.63, 3.8) is 0 Å². The minimum atomic E-state index is -0.200. The fourth-order valence-electron chi connectivity index (χ4n) is 4.79. The van der Waals surface area contributed by atoms with Crippen LogP contribution in [-0.2, 0) is 6.54 Å². The lowest BCUT2D eigenvalue weighted by atomic mass is 9.95. The number of carbonyl (C=O) groups is 1. The number of halogens is 1. The number of benzene rings is 1. The second-order valence-electron chi connectivity index (χ2n) is 11.0. The molecule has 194 valence electrons. The third-order valence-corrected chi connectivity index (χ3v) is 7.20. The van der Waals surface area contributed by atoms with Crippen LogP contribution in [0, 0.1) is 5.41 Å². The molecule has 37 heavy (non-hydrogen) atoms. The first-order valence-electron chi connectivity index (χ1n) is 12.8. The van der Waals surface area contributed by atoms with E-state index in [-0.39, 0.29) is 11.3 Å². The highest BCUT2D eigenvalue weighted by atomic mass is 79.9. The number of piperidine rings is 1. The first-order valence-corrected chi connectivity index (χ1v) is 13.6. The quantitative estimate of drug-likeness (QED) is 0.279. The average molecular weight is 565 g/mol. The molecule has 0 aliphatic carbocycles. The minimum absolute atomic E-state index is 0.200. The molecule has 0 bridgehead atoms. The number of aromatic nitrogens is 4. The van der Waals surface area contributed by atoms with Crippen LogP contribution in [-0.4, -0.2) is 51.3 Å². The van der Waals surface area contributed by atoms with Gasteiger partial charge in [-0.25, -0.2) is 4.98 Å². The molecule has 1 fully saturated rings. The lowest BCUT2D eigenvalue weighted by molar-refractivity contribution is 0.102. The molecule has 4 heterocycles. The van der Waals surface area contributed by atoms with Crippen molar-refractivity contribution in [3.05, 3.63) is 70.7 Å². The van der Waals surface area contributed by atoms with Gasteiger partial charge in [0.15, 0.2) is 0 Å². The van der Waals surface area contributed by atoms with Crippen molar-refractivity contribution < 1.29 is 4.79 Å². The van der Waals surface area contributed by atoms with Crippen molar-refractivity contribution in [3.8, 4) is 0 Å². The Hall–Kier alpha value is -3.17. The Morgan fingerprint density at radius 1 is 1.22 bits per heavy atom. The number of aromatic amines is 1. The van der Waals surface area contributed by atoms with E-state index >= 15 is 0 Å².